The first-order valence-corrected chi connectivity index (χ1v) is 5.71. The molecule has 0 radical (unpaired) electrons. The molecule has 5 nitrogen and oxygen atoms in total. The molecule has 0 aliphatic carbocycles. The number of imidazole rings is 1. The molecule has 94 valence electrons. The summed E-state index contributed by atoms with van der Waals surface area (Å²) in [7, 11) is 0. The summed E-state index contributed by atoms with van der Waals surface area (Å²) in [5, 5.41) is 0. The summed E-state index contributed by atoms with van der Waals surface area (Å²) < 4.78 is 4.89. The highest BCUT2D eigenvalue weighted by Crippen LogP contribution is 2.20. The van der Waals surface area contributed by atoms with Crippen LogP contribution in [0.3, 0.4) is 0 Å². The summed E-state index contributed by atoms with van der Waals surface area (Å²) in [6.45, 7) is 4.05. The normalized spacial score (nSPS) is 10.3. The van der Waals surface area contributed by atoms with Crippen molar-refractivity contribution < 1.29 is 9.53 Å². The van der Waals surface area contributed by atoms with Crippen LogP contribution >= 0.6 is 0 Å². The number of carbonyl (C=O) groups excluding carboxylic acids is 1. The number of esters is 1. The van der Waals surface area contributed by atoms with E-state index in [1.165, 1.54) is 0 Å². The van der Waals surface area contributed by atoms with Gasteiger partial charge in [0.05, 0.1) is 6.61 Å². The smallest absolute Gasteiger partial charge is 0.358 e. The molecular formula is C13H15N3O2. The maximum atomic E-state index is 11.6. The number of anilines is 1. The van der Waals surface area contributed by atoms with Crippen LogP contribution in [0.5, 0.6) is 0 Å². The lowest BCUT2D eigenvalue weighted by atomic mass is 10.1. The summed E-state index contributed by atoms with van der Waals surface area (Å²) in [5.74, 6) is 0.237. The standard InChI is InChI=1S/C13H15N3O2/c1-3-18-13(17)10-11(14)16-12(15-10)9-6-4-8(2)5-7-9/h4-7H,3,14H2,1-2H3,(H,15,16). The first-order valence-electron chi connectivity index (χ1n) is 5.71. The second-order valence-corrected chi connectivity index (χ2v) is 3.93. The van der Waals surface area contributed by atoms with Gasteiger partial charge in [0, 0.05) is 5.56 Å². The van der Waals surface area contributed by atoms with Gasteiger partial charge in [-0.05, 0) is 13.8 Å². The van der Waals surface area contributed by atoms with Gasteiger partial charge in [-0.3, -0.25) is 0 Å². The molecule has 0 aliphatic heterocycles. The molecule has 0 amide bonds. The van der Waals surface area contributed by atoms with Crippen LogP contribution < -0.4 is 5.73 Å². The number of ether oxygens (including phenoxy) is 1. The molecular weight excluding hydrogens is 230 g/mol. The maximum absolute atomic E-state index is 11.6. The maximum Gasteiger partial charge on any atom is 0.358 e. The van der Waals surface area contributed by atoms with E-state index >= 15 is 0 Å². The molecule has 1 aromatic heterocycles. The number of benzene rings is 1. The summed E-state index contributed by atoms with van der Waals surface area (Å²) >= 11 is 0. The molecule has 1 aromatic carbocycles. The van der Waals surface area contributed by atoms with Crippen molar-refractivity contribution >= 4 is 11.8 Å². The quantitative estimate of drug-likeness (QED) is 0.812. The second kappa shape index (κ2) is 4.91. The van der Waals surface area contributed by atoms with Crippen LogP contribution in [0, 0.1) is 6.92 Å². The van der Waals surface area contributed by atoms with E-state index in [1.54, 1.807) is 6.92 Å². The molecule has 0 unspecified atom stereocenters. The summed E-state index contributed by atoms with van der Waals surface area (Å²) in [6.07, 6.45) is 0. The number of nitrogens with one attached hydrogen (secondary N) is 1. The monoisotopic (exact) mass is 245 g/mol. The minimum absolute atomic E-state index is 0.157. The van der Waals surface area contributed by atoms with E-state index in [1.807, 2.05) is 31.2 Å². The van der Waals surface area contributed by atoms with Crippen LogP contribution in [0.4, 0.5) is 5.82 Å². The van der Waals surface area contributed by atoms with Crippen LogP contribution in [0.15, 0.2) is 24.3 Å². The third-order valence-electron chi connectivity index (χ3n) is 2.54. The number of aromatic amines is 1. The fraction of sp³-hybridized carbons (Fsp3) is 0.231. The SMILES string of the molecule is CCOC(=O)c1[nH]c(-c2ccc(C)cc2)nc1N. The number of carbonyl (C=O) groups is 1. The van der Waals surface area contributed by atoms with Crippen molar-refractivity contribution in [3.05, 3.63) is 35.5 Å². The molecule has 0 fully saturated rings. The Morgan fingerprint density at radius 3 is 2.67 bits per heavy atom. The Morgan fingerprint density at radius 2 is 2.06 bits per heavy atom. The average molecular weight is 245 g/mol. The number of aryl methyl sites for hydroxylation is 1. The Labute approximate surface area is 105 Å². The Balaban J connectivity index is 2.34. The Hall–Kier alpha value is -2.30. The molecule has 0 aliphatic rings. The van der Waals surface area contributed by atoms with E-state index in [4.69, 9.17) is 10.5 Å². The molecule has 0 bridgehead atoms. The number of hydrogen-bond donors (Lipinski definition) is 2. The zero-order chi connectivity index (χ0) is 13.1. The number of nitrogens with zero attached hydrogens (tertiary/aromatic N) is 1. The van der Waals surface area contributed by atoms with E-state index < -0.39 is 5.97 Å². The minimum Gasteiger partial charge on any atom is -0.461 e. The molecule has 0 spiro atoms. The lowest BCUT2D eigenvalue weighted by Crippen LogP contribution is -2.07. The Bertz CT molecular complexity index is 558. The van der Waals surface area contributed by atoms with Crippen molar-refractivity contribution in [2.45, 2.75) is 13.8 Å². The minimum atomic E-state index is -0.485. The van der Waals surface area contributed by atoms with Gasteiger partial charge in [-0.25, -0.2) is 9.78 Å². The van der Waals surface area contributed by atoms with Crippen molar-refractivity contribution in [1.29, 1.82) is 0 Å². The largest absolute Gasteiger partial charge is 0.461 e. The number of rotatable bonds is 3. The average Bonchev–Trinajstić information content (AvgIpc) is 2.72. The predicted molar refractivity (Wildman–Crippen MR) is 69.1 cm³/mol. The molecule has 0 saturated carbocycles. The topological polar surface area (TPSA) is 81.0 Å². The summed E-state index contributed by atoms with van der Waals surface area (Å²) in [4.78, 5) is 18.6. The molecule has 18 heavy (non-hydrogen) atoms. The number of H-pyrrole nitrogens is 1. The second-order valence-electron chi connectivity index (χ2n) is 3.93. The van der Waals surface area contributed by atoms with Crippen LogP contribution in [0.25, 0.3) is 11.4 Å². The van der Waals surface area contributed by atoms with E-state index in [2.05, 4.69) is 9.97 Å². The van der Waals surface area contributed by atoms with Gasteiger partial charge in [0.15, 0.2) is 11.5 Å². The molecule has 2 aromatic rings. The summed E-state index contributed by atoms with van der Waals surface area (Å²) in [6, 6.07) is 7.78. The van der Waals surface area contributed by atoms with Crippen LogP contribution in [0.1, 0.15) is 23.0 Å². The Kier molecular flexibility index (Phi) is 3.32. The molecule has 5 heteroatoms. The first-order chi connectivity index (χ1) is 8.61. The highest BCUT2D eigenvalue weighted by Gasteiger charge is 2.16. The number of aromatic nitrogens is 2. The van der Waals surface area contributed by atoms with Gasteiger partial charge in [-0.15, -0.1) is 0 Å². The van der Waals surface area contributed by atoms with E-state index in [0.717, 1.165) is 11.1 Å². The zero-order valence-corrected chi connectivity index (χ0v) is 10.4. The number of nitrogen functional groups attached to an aromatic ring is 1. The van der Waals surface area contributed by atoms with Crippen molar-refractivity contribution in [1.82, 2.24) is 9.97 Å². The van der Waals surface area contributed by atoms with Crippen molar-refractivity contribution in [2.24, 2.45) is 0 Å². The number of hydrogen-bond acceptors (Lipinski definition) is 4. The van der Waals surface area contributed by atoms with Gasteiger partial charge in [0.1, 0.15) is 5.82 Å². The highest BCUT2D eigenvalue weighted by atomic mass is 16.5. The van der Waals surface area contributed by atoms with Crippen LogP contribution in [0.2, 0.25) is 0 Å². The Morgan fingerprint density at radius 1 is 1.39 bits per heavy atom. The lowest BCUT2D eigenvalue weighted by molar-refractivity contribution is 0.0521. The fourth-order valence-corrected chi connectivity index (χ4v) is 1.59. The van der Waals surface area contributed by atoms with Crippen LogP contribution in [-0.2, 0) is 4.74 Å². The third-order valence-corrected chi connectivity index (χ3v) is 2.54. The van der Waals surface area contributed by atoms with Crippen LogP contribution in [-0.4, -0.2) is 22.5 Å². The van der Waals surface area contributed by atoms with Gasteiger partial charge < -0.3 is 15.5 Å². The number of nitrogens with two attached hydrogens (primary N) is 1. The van der Waals surface area contributed by atoms with Gasteiger partial charge in [-0.2, -0.15) is 0 Å². The van der Waals surface area contributed by atoms with Gasteiger partial charge >= 0.3 is 5.97 Å². The predicted octanol–water partition coefficient (Wildman–Crippen LogP) is 2.14. The molecule has 0 atom stereocenters. The summed E-state index contributed by atoms with van der Waals surface area (Å²) in [5.41, 5.74) is 7.93. The van der Waals surface area contributed by atoms with Gasteiger partial charge in [0.2, 0.25) is 0 Å². The van der Waals surface area contributed by atoms with E-state index in [-0.39, 0.29) is 11.5 Å². The van der Waals surface area contributed by atoms with Crippen molar-refractivity contribution in [2.75, 3.05) is 12.3 Å². The first kappa shape index (κ1) is 12.2. The van der Waals surface area contributed by atoms with Crippen molar-refractivity contribution in [3.63, 3.8) is 0 Å². The highest BCUT2D eigenvalue weighted by molar-refractivity contribution is 5.93. The van der Waals surface area contributed by atoms with Gasteiger partial charge in [0.25, 0.3) is 0 Å². The molecule has 0 saturated heterocycles. The third kappa shape index (κ3) is 2.34. The van der Waals surface area contributed by atoms with E-state index in [9.17, 15) is 4.79 Å². The molecule has 1 heterocycles. The van der Waals surface area contributed by atoms with Gasteiger partial charge in [-0.1, -0.05) is 29.8 Å². The fourth-order valence-electron chi connectivity index (χ4n) is 1.59. The molecule has 3 N–H and O–H groups in total. The zero-order valence-electron chi connectivity index (χ0n) is 10.4. The van der Waals surface area contributed by atoms with Crippen molar-refractivity contribution in [3.8, 4) is 11.4 Å². The lowest BCUT2D eigenvalue weighted by Gasteiger charge is -1.99. The van der Waals surface area contributed by atoms with E-state index in [0.29, 0.717) is 12.4 Å². The molecule has 2 rings (SSSR count).